The van der Waals surface area contributed by atoms with Crippen LogP contribution < -0.4 is 10.2 Å². The maximum atomic E-state index is 12.7. The molecule has 1 saturated heterocycles. The van der Waals surface area contributed by atoms with E-state index < -0.39 is 0 Å². The van der Waals surface area contributed by atoms with Crippen LogP contribution in [0.3, 0.4) is 0 Å². The van der Waals surface area contributed by atoms with Crippen molar-refractivity contribution >= 4 is 46.3 Å². The number of anilines is 2. The first-order valence-electron chi connectivity index (χ1n) is 8.33. The molecule has 0 spiro atoms. The quantitative estimate of drug-likeness (QED) is 0.774. The van der Waals surface area contributed by atoms with Gasteiger partial charge in [-0.05, 0) is 60.2 Å². The summed E-state index contributed by atoms with van der Waals surface area (Å²) in [4.78, 5) is 37.6. The Kier molecular flexibility index (Phi) is 5.57. The van der Waals surface area contributed by atoms with Gasteiger partial charge >= 0.3 is 0 Å². The SMILES string of the molecule is CC(=O)Nc1ccc(N2C(=O)S/C(=C\C(C)=C\c3ccccc3)C2=O)cc1. The van der Waals surface area contributed by atoms with E-state index in [4.69, 9.17) is 0 Å². The van der Waals surface area contributed by atoms with Gasteiger partial charge in [-0.15, -0.1) is 0 Å². The topological polar surface area (TPSA) is 66.5 Å². The first-order valence-corrected chi connectivity index (χ1v) is 9.14. The molecular formula is C21H18N2O3S. The molecule has 3 amide bonds. The molecule has 136 valence electrons. The zero-order valence-corrected chi connectivity index (χ0v) is 15.7. The van der Waals surface area contributed by atoms with Gasteiger partial charge in [0, 0.05) is 12.6 Å². The van der Waals surface area contributed by atoms with Crippen molar-refractivity contribution in [3.05, 3.63) is 76.7 Å². The number of nitrogens with zero attached hydrogens (tertiary/aromatic N) is 1. The zero-order chi connectivity index (χ0) is 19.4. The third kappa shape index (κ3) is 4.54. The second kappa shape index (κ2) is 8.05. The van der Waals surface area contributed by atoms with Crippen molar-refractivity contribution in [3.63, 3.8) is 0 Å². The number of imide groups is 1. The third-order valence-corrected chi connectivity index (χ3v) is 4.66. The molecule has 1 aliphatic heterocycles. The standard InChI is InChI=1S/C21H18N2O3S/c1-14(12-16-6-4-3-5-7-16)13-19-20(25)23(21(26)27-19)18-10-8-17(9-11-18)22-15(2)24/h3-13H,1-2H3,(H,22,24)/b14-12+,19-13-. The summed E-state index contributed by atoms with van der Waals surface area (Å²) < 4.78 is 0. The van der Waals surface area contributed by atoms with E-state index in [2.05, 4.69) is 5.32 Å². The number of nitrogens with one attached hydrogen (secondary N) is 1. The van der Waals surface area contributed by atoms with Gasteiger partial charge in [-0.3, -0.25) is 14.4 Å². The van der Waals surface area contributed by atoms with Crippen molar-refractivity contribution in [2.45, 2.75) is 13.8 Å². The van der Waals surface area contributed by atoms with Gasteiger partial charge in [-0.25, -0.2) is 4.90 Å². The number of hydrogen-bond donors (Lipinski definition) is 1. The van der Waals surface area contributed by atoms with E-state index in [1.165, 1.54) is 6.92 Å². The molecule has 2 aromatic carbocycles. The van der Waals surface area contributed by atoms with Crippen molar-refractivity contribution in [2.24, 2.45) is 0 Å². The van der Waals surface area contributed by atoms with E-state index in [1.807, 2.05) is 43.3 Å². The van der Waals surface area contributed by atoms with Crippen LogP contribution in [0.25, 0.3) is 6.08 Å². The van der Waals surface area contributed by atoms with Gasteiger partial charge in [-0.2, -0.15) is 0 Å². The van der Waals surface area contributed by atoms with Crippen LogP contribution in [-0.2, 0) is 9.59 Å². The Morgan fingerprint density at radius 3 is 2.30 bits per heavy atom. The number of benzene rings is 2. The summed E-state index contributed by atoms with van der Waals surface area (Å²) in [5, 5.41) is 2.31. The molecule has 3 rings (SSSR count). The fourth-order valence-electron chi connectivity index (χ4n) is 2.65. The second-order valence-corrected chi connectivity index (χ2v) is 7.04. The van der Waals surface area contributed by atoms with Gasteiger partial charge < -0.3 is 5.32 Å². The lowest BCUT2D eigenvalue weighted by molar-refractivity contribution is -0.114. The van der Waals surface area contributed by atoms with Crippen molar-refractivity contribution in [1.29, 1.82) is 0 Å². The van der Waals surface area contributed by atoms with Crippen molar-refractivity contribution in [1.82, 2.24) is 0 Å². The Hall–Kier alpha value is -3.12. The predicted octanol–water partition coefficient (Wildman–Crippen LogP) is 4.83. The average molecular weight is 378 g/mol. The van der Waals surface area contributed by atoms with Gasteiger partial charge in [-0.1, -0.05) is 36.4 Å². The highest BCUT2D eigenvalue weighted by Crippen LogP contribution is 2.35. The van der Waals surface area contributed by atoms with E-state index in [1.54, 1.807) is 30.3 Å². The van der Waals surface area contributed by atoms with Gasteiger partial charge in [0.25, 0.3) is 11.1 Å². The average Bonchev–Trinajstić information content (AvgIpc) is 2.89. The Morgan fingerprint density at radius 2 is 1.67 bits per heavy atom. The lowest BCUT2D eigenvalue weighted by Gasteiger charge is -2.13. The highest BCUT2D eigenvalue weighted by Gasteiger charge is 2.36. The number of thioether (sulfide) groups is 1. The lowest BCUT2D eigenvalue weighted by atomic mass is 10.1. The summed E-state index contributed by atoms with van der Waals surface area (Å²) >= 11 is 0.918. The maximum absolute atomic E-state index is 12.7. The summed E-state index contributed by atoms with van der Waals surface area (Å²) in [5.74, 6) is -0.532. The smallest absolute Gasteiger partial charge is 0.298 e. The van der Waals surface area contributed by atoms with Crippen LogP contribution in [0.1, 0.15) is 19.4 Å². The van der Waals surface area contributed by atoms with E-state index in [0.29, 0.717) is 16.3 Å². The molecule has 1 aliphatic rings. The van der Waals surface area contributed by atoms with E-state index in [0.717, 1.165) is 27.8 Å². The van der Waals surface area contributed by atoms with Crippen LogP contribution in [0.5, 0.6) is 0 Å². The van der Waals surface area contributed by atoms with Crippen LogP contribution in [-0.4, -0.2) is 17.1 Å². The van der Waals surface area contributed by atoms with E-state index in [-0.39, 0.29) is 17.1 Å². The molecule has 0 aliphatic carbocycles. The molecule has 1 heterocycles. The Bertz CT molecular complexity index is 947. The molecule has 0 saturated carbocycles. The highest BCUT2D eigenvalue weighted by atomic mass is 32.2. The normalized spacial score (nSPS) is 16.1. The van der Waals surface area contributed by atoms with E-state index in [9.17, 15) is 14.4 Å². The van der Waals surface area contributed by atoms with E-state index >= 15 is 0 Å². The number of allylic oxidation sites excluding steroid dienone is 2. The third-order valence-electron chi connectivity index (χ3n) is 3.79. The van der Waals surface area contributed by atoms with Crippen LogP contribution >= 0.6 is 11.8 Å². The molecule has 0 radical (unpaired) electrons. The van der Waals surface area contributed by atoms with Crippen LogP contribution in [0.15, 0.2) is 71.2 Å². The molecule has 0 aromatic heterocycles. The fraction of sp³-hybridized carbons (Fsp3) is 0.0952. The lowest BCUT2D eigenvalue weighted by Crippen LogP contribution is -2.27. The molecule has 6 heteroatoms. The minimum Gasteiger partial charge on any atom is -0.326 e. The molecule has 0 atom stereocenters. The first kappa shape index (κ1) is 18.7. The van der Waals surface area contributed by atoms with Gasteiger partial charge in [0.1, 0.15) is 0 Å². The molecule has 5 nitrogen and oxygen atoms in total. The number of hydrogen-bond acceptors (Lipinski definition) is 4. The Balaban J connectivity index is 1.80. The number of amides is 3. The monoisotopic (exact) mass is 378 g/mol. The number of carbonyl (C=O) groups excluding carboxylic acids is 3. The number of rotatable bonds is 4. The summed E-state index contributed by atoms with van der Waals surface area (Å²) in [5.41, 5.74) is 2.99. The van der Waals surface area contributed by atoms with Crippen molar-refractivity contribution in [2.75, 3.05) is 10.2 Å². The Labute approximate surface area is 161 Å². The fourth-order valence-corrected chi connectivity index (χ4v) is 3.54. The van der Waals surface area contributed by atoms with Gasteiger partial charge in [0.05, 0.1) is 10.6 Å². The molecule has 1 N–H and O–H groups in total. The maximum Gasteiger partial charge on any atom is 0.298 e. The molecule has 27 heavy (non-hydrogen) atoms. The van der Waals surface area contributed by atoms with Gasteiger partial charge in [0.15, 0.2) is 0 Å². The molecular weight excluding hydrogens is 360 g/mol. The Morgan fingerprint density at radius 1 is 1.00 bits per heavy atom. The zero-order valence-electron chi connectivity index (χ0n) is 14.9. The van der Waals surface area contributed by atoms with Crippen molar-refractivity contribution < 1.29 is 14.4 Å². The van der Waals surface area contributed by atoms with Crippen LogP contribution in [0, 0.1) is 0 Å². The van der Waals surface area contributed by atoms with Gasteiger partial charge in [0.2, 0.25) is 5.91 Å². The summed E-state index contributed by atoms with van der Waals surface area (Å²) in [6, 6.07) is 16.4. The highest BCUT2D eigenvalue weighted by molar-refractivity contribution is 8.18. The largest absolute Gasteiger partial charge is 0.326 e. The molecule has 2 aromatic rings. The summed E-state index contributed by atoms with van der Waals surface area (Å²) in [6.07, 6.45) is 3.68. The predicted molar refractivity (Wildman–Crippen MR) is 109 cm³/mol. The summed E-state index contributed by atoms with van der Waals surface area (Å²) in [6.45, 7) is 3.31. The summed E-state index contributed by atoms with van der Waals surface area (Å²) in [7, 11) is 0. The minimum absolute atomic E-state index is 0.183. The first-order chi connectivity index (χ1) is 12.9. The second-order valence-electron chi connectivity index (χ2n) is 6.04. The molecule has 0 unspecified atom stereocenters. The van der Waals surface area contributed by atoms with Crippen LogP contribution in [0.2, 0.25) is 0 Å². The molecule has 1 fully saturated rings. The van der Waals surface area contributed by atoms with Crippen LogP contribution in [0.4, 0.5) is 16.2 Å². The van der Waals surface area contributed by atoms with Crippen molar-refractivity contribution in [3.8, 4) is 0 Å². The number of carbonyl (C=O) groups is 3. The molecule has 0 bridgehead atoms. The minimum atomic E-state index is -0.349.